The number of aromatic nitrogens is 1. The lowest BCUT2D eigenvalue weighted by atomic mass is 9.92. The van der Waals surface area contributed by atoms with Gasteiger partial charge in [0.15, 0.2) is 0 Å². The molecule has 4 rings (SSSR count). The van der Waals surface area contributed by atoms with Crippen molar-refractivity contribution in [1.29, 1.82) is 0 Å². The van der Waals surface area contributed by atoms with E-state index in [1.54, 1.807) is 0 Å². The Morgan fingerprint density at radius 2 is 1.31 bits per heavy atom. The van der Waals surface area contributed by atoms with E-state index in [-0.39, 0.29) is 0 Å². The predicted octanol–water partition coefficient (Wildman–Crippen LogP) is 7.89. The molecule has 0 amide bonds. The molecule has 2 heteroatoms. The molecule has 1 heterocycles. The maximum atomic E-state index is 5.04. The van der Waals surface area contributed by atoms with Crippen LogP contribution in [0.4, 0.5) is 11.5 Å². The molecule has 2 nitrogen and oxygen atoms in total. The predicted molar refractivity (Wildman–Crippen MR) is 125 cm³/mol. The van der Waals surface area contributed by atoms with Crippen molar-refractivity contribution in [2.24, 2.45) is 0 Å². The van der Waals surface area contributed by atoms with Crippen molar-refractivity contribution < 1.29 is 0 Å². The summed E-state index contributed by atoms with van der Waals surface area (Å²) >= 11 is 0. The second-order valence-electron chi connectivity index (χ2n) is 8.19. The molecule has 0 aliphatic carbocycles. The zero-order chi connectivity index (χ0) is 20.4. The van der Waals surface area contributed by atoms with E-state index in [1.165, 1.54) is 22.4 Å². The van der Waals surface area contributed by atoms with Crippen molar-refractivity contribution >= 4 is 22.4 Å². The first kappa shape index (κ1) is 19.2. The van der Waals surface area contributed by atoms with Gasteiger partial charge in [-0.3, -0.25) is 0 Å². The van der Waals surface area contributed by atoms with Crippen molar-refractivity contribution in [3.63, 3.8) is 0 Å². The lowest BCUT2D eigenvalue weighted by molar-refractivity contribution is 0.838. The van der Waals surface area contributed by atoms with E-state index < -0.39 is 0 Å². The molecular weight excluding hydrogens is 352 g/mol. The van der Waals surface area contributed by atoms with Crippen LogP contribution in [-0.4, -0.2) is 4.98 Å². The van der Waals surface area contributed by atoms with E-state index >= 15 is 0 Å². The molecule has 29 heavy (non-hydrogen) atoms. The maximum absolute atomic E-state index is 5.04. The molecule has 0 unspecified atom stereocenters. The van der Waals surface area contributed by atoms with Crippen LogP contribution < -0.4 is 5.32 Å². The van der Waals surface area contributed by atoms with Crippen LogP contribution in [0, 0.1) is 0 Å². The number of nitrogens with zero attached hydrogens (tertiary/aromatic N) is 1. The van der Waals surface area contributed by atoms with Crippen molar-refractivity contribution in [2.45, 2.75) is 39.5 Å². The number of benzene rings is 3. The number of hydrogen-bond donors (Lipinski definition) is 1. The van der Waals surface area contributed by atoms with Gasteiger partial charge in [0, 0.05) is 16.6 Å². The first-order chi connectivity index (χ1) is 14.0. The third-order valence-electron chi connectivity index (χ3n) is 5.43. The fourth-order valence-corrected chi connectivity index (χ4v) is 3.89. The highest BCUT2D eigenvalue weighted by molar-refractivity contribution is 5.94. The summed E-state index contributed by atoms with van der Waals surface area (Å²) in [5, 5.41) is 4.81. The van der Waals surface area contributed by atoms with Gasteiger partial charge in [0.1, 0.15) is 5.82 Å². The van der Waals surface area contributed by atoms with Crippen molar-refractivity contribution in [1.82, 2.24) is 4.98 Å². The van der Waals surface area contributed by atoms with Gasteiger partial charge in [-0.05, 0) is 40.7 Å². The van der Waals surface area contributed by atoms with E-state index in [2.05, 4.69) is 106 Å². The molecule has 0 radical (unpaired) electrons. The molecule has 0 saturated heterocycles. The molecule has 0 bridgehead atoms. The Labute approximate surface area is 173 Å². The van der Waals surface area contributed by atoms with E-state index in [4.69, 9.17) is 4.98 Å². The van der Waals surface area contributed by atoms with Gasteiger partial charge in [0.25, 0.3) is 0 Å². The van der Waals surface area contributed by atoms with Gasteiger partial charge in [-0.25, -0.2) is 4.98 Å². The lowest BCUT2D eigenvalue weighted by Gasteiger charge is -2.21. The first-order valence-electron chi connectivity index (χ1n) is 10.4. The summed E-state index contributed by atoms with van der Waals surface area (Å²) in [5.41, 5.74) is 7.23. The summed E-state index contributed by atoms with van der Waals surface area (Å²) in [6, 6.07) is 27.7. The molecule has 3 aromatic carbocycles. The highest BCUT2D eigenvalue weighted by Gasteiger charge is 2.15. The van der Waals surface area contributed by atoms with Gasteiger partial charge >= 0.3 is 0 Å². The lowest BCUT2D eigenvalue weighted by Crippen LogP contribution is -2.05. The Morgan fingerprint density at radius 1 is 0.655 bits per heavy atom. The van der Waals surface area contributed by atoms with Crippen LogP contribution in [0.25, 0.3) is 22.0 Å². The summed E-state index contributed by atoms with van der Waals surface area (Å²) in [4.78, 5) is 5.04. The smallest absolute Gasteiger partial charge is 0.131 e. The van der Waals surface area contributed by atoms with Crippen molar-refractivity contribution in [2.75, 3.05) is 5.32 Å². The van der Waals surface area contributed by atoms with Crippen LogP contribution in [0.2, 0.25) is 0 Å². The summed E-state index contributed by atoms with van der Waals surface area (Å²) < 4.78 is 0. The Kier molecular flexibility index (Phi) is 5.35. The minimum atomic E-state index is 0.441. The average Bonchev–Trinajstić information content (AvgIpc) is 2.73. The Balaban J connectivity index is 1.83. The maximum Gasteiger partial charge on any atom is 0.131 e. The molecule has 146 valence electrons. The molecule has 4 aromatic rings. The molecule has 0 fully saturated rings. The van der Waals surface area contributed by atoms with Crippen LogP contribution in [-0.2, 0) is 0 Å². The van der Waals surface area contributed by atoms with E-state index in [0.717, 1.165) is 22.3 Å². The van der Waals surface area contributed by atoms with Gasteiger partial charge in [-0.2, -0.15) is 0 Å². The molecule has 1 N–H and O–H groups in total. The van der Waals surface area contributed by atoms with E-state index in [9.17, 15) is 0 Å². The zero-order valence-corrected chi connectivity index (χ0v) is 17.6. The second kappa shape index (κ2) is 8.08. The Morgan fingerprint density at radius 3 is 1.97 bits per heavy atom. The van der Waals surface area contributed by atoms with Crippen molar-refractivity contribution in [3.05, 3.63) is 90.0 Å². The average molecular weight is 381 g/mol. The van der Waals surface area contributed by atoms with Gasteiger partial charge in [-0.1, -0.05) is 94.4 Å². The van der Waals surface area contributed by atoms with E-state index in [0.29, 0.717) is 11.8 Å². The second-order valence-corrected chi connectivity index (χ2v) is 8.19. The molecule has 0 saturated carbocycles. The number of hydrogen-bond acceptors (Lipinski definition) is 2. The number of pyridine rings is 1. The highest BCUT2D eigenvalue weighted by Crippen LogP contribution is 2.35. The number of fused-ring (bicyclic) bond motifs is 1. The Hall–Kier alpha value is -3.13. The van der Waals surface area contributed by atoms with Crippen LogP contribution in [0.1, 0.15) is 50.7 Å². The topological polar surface area (TPSA) is 24.9 Å². The third-order valence-corrected chi connectivity index (χ3v) is 5.43. The standard InChI is InChI=1S/C27H28N2/c1-18(2)22-13-9-14-23(19(3)4)27(22)29-25-17-16-21-12-8-15-24(26(21)28-25)20-10-6-5-7-11-20/h5-19H,1-4H3,(H,28,29). The molecule has 0 aliphatic heterocycles. The molecule has 0 atom stereocenters. The minimum Gasteiger partial charge on any atom is -0.340 e. The number of rotatable bonds is 5. The van der Waals surface area contributed by atoms with Crippen molar-refractivity contribution in [3.8, 4) is 11.1 Å². The minimum absolute atomic E-state index is 0.441. The summed E-state index contributed by atoms with van der Waals surface area (Å²) in [6.45, 7) is 8.97. The fourth-order valence-electron chi connectivity index (χ4n) is 3.89. The molecule has 0 aliphatic rings. The summed E-state index contributed by atoms with van der Waals surface area (Å²) in [7, 11) is 0. The van der Waals surface area contributed by atoms with E-state index in [1.807, 2.05) is 6.07 Å². The third kappa shape index (κ3) is 3.88. The monoisotopic (exact) mass is 380 g/mol. The van der Waals surface area contributed by atoms with Crippen LogP contribution in [0.3, 0.4) is 0 Å². The van der Waals surface area contributed by atoms with Crippen LogP contribution >= 0.6 is 0 Å². The zero-order valence-electron chi connectivity index (χ0n) is 17.6. The molecular formula is C27H28N2. The number of para-hydroxylation sites is 2. The first-order valence-corrected chi connectivity index (χ1v) is 10.4. The summed E-state index contributed by atoms with van der Waals surface area (Å²) in [6.07, 6.45) is 0. The van der Waals surface area contributed by atoms with Crippen LogP contribution in [0.15, 0.2) is 78.9 Å². The molecule has 0 spiro atoms. The van der Waals surface area contributed by atoms with Crippen LogP contribution in [0.5, 0.6) is 0 Å². The fraction of sp³-hybridized carbons (Fsp3) is 0.222. The van der Waals surface area contributed by atoms with Gasteiger partial charge in [0.05, 0.1) is 5.52 Å². The Bertz CT molecular complexity index is 1100. The SMILES string of the molecule is CC(C)c1cccc(C(C)C)c1Nc1ccc2cccc(-c3ccccc3)c2n1. The quantitative estimate of drug-likeness (QED) is 0.381. The largest absolute Gasteiger partial charge is 0.340 e. The summed E-state index contributed by atoms with van der Waals surface area (Å²) in [5.74, 6) is 1.77. The van der Waals surface area contributed by atoms with Gasteiger partial charge in [-0.15, -0.1) is 0 Å². The highest BCUT2D eigenvalue weighted by atomic mass is 15.0. The molecule has 1 aromatic heterocycles. The number of anilines is 2. The van der Waals surface area contributed by atoms with Gasteiger partial charge in [0.2, 0.25) is 0 Å². The normalized spacial score (nSPS) is 11.4. The number of nitrogens with one attached hydrogen (secondary N) is 1. The van der Waals surface area contributed by atoms with Gasteiger partial charge < -0.3 is 5.32 Å².